The van der Waals surface area contributed by atoms with Gasteiger partial charge in [-0.1, -0.05) is 74.0 Å². The predicted octanol–water partition coefficient (Wildman–Crippen LogP) is 5.52. The molecule has 0 saturated carbocycles. The van der Waals surface area contributed by atoms with Gasteiger partial charge in [0.15, 0.2) is 6.61 Å². The van der Waals surface area contributed by atoms with Crippen molar-refractivity contribution < 1.29 is 17.9 Å². The standard InChI is InChI=1S/C26H29ClN2O4S/c1-4-19-12-9-13-20(5-2)26(19)28-25(30)17-33-24-15-14-22(16-23(24)27)34(31,32)29-18(3)21-10-7-6-8-11-21/h6-16,18,29H,4-5,17H2,1-3H3,(H,28,30)/t18-/m0/s1. The average molecular weight is 501 g/mol. The number of benzene rings is 3. The Morgan fingerprint density at radius 1 is 0.971 bits per heavy atom. The van der Waals surface area contributed by atoms with E-state index in [4.69, 9.17) is 16.3 Å². The largest absolute Gasteiger partial charge is 0.482 e. The lowest BCUT2D eigenvalue weighted by Crippen LogP contribution is -2.27. The molecule has 0 fully saturated rings. The fourth-order valence-electron chi connectivity index (χ4n) is 3.60. The molecule has 34 heavy (non-hydrogen) atoms. The molecule has 0 unspecified atom stereocenters. The Bertz CT molecular complexity index is 1220. The number of carbonyl (C=O) groups is 1. The third kappa shape index (κ3) is 6.38. The first-order valence-corrected chi connectivity index (χ1v) is 13.0. The van der Waals surface area contributed by atoms with Crippen LogP contribution in [0.3, 0.4) is 0 Å². The van der Waals surface area contributed by atoms with Gasteiger partial charge in [-0.3, -0.25) is 4.79 Å². The monoisotopic (exact) mass is 500 g/mol. The van der Waals surface area contributed by atoms with Crippen LogP contribution in [0.1, 0.15) is 43.5 Å². The second-order valence-corrected chi connectivity index (χ2v) is 9.96. The van der Waals surface area contributed by atoms with Crippen LogP contribution in [0.2, 0.25) is 5.02 Å². The zero-order valence-corrected chi connectivity index (χ0v) is 21.0. The lowest BCUT2D eigenvalue weighted by atomic mass is 10.0. The average Bonchev–Trinajstić information content (AvgIpc) is 2.83. The van der Waals surface area contributed by atoms with E-state index in [1.807, 2.05) is 62.4 Å². The van der Waals surface area contributed by atoms with Crippen molar-refractivity contribution in [2.75, 3.05) is 11.9 Å². The van der Waals surface area contributed by atoms with Crippen molar-refractivity contribution in [3.05, 3.63) is 88.4 Å². The van der Waals surface area contributed by atoms with Gasteiger partial charge in [0.2, 0.25) is 10.0 Å². The van der Waals surface area contributed by atoms with Crippen molar-refractivity contribution in [1.29, 1.82) is 0 Å². The van der Waals surface area contributed by atoms with Crippen molar-refractivity contribution in [1.82, 2.24) is 4.72 Å². The zero-order chi connectivity index (χ0) is 24.7. The molecular formula is C26H29ClN2O4S. The molecule has 0 radical (unpaired) electrons. The van der Waals surface area contributed by atoms with Gasteiger partial charge in [0.25, 0.3) is 5.91 Å². The van der Waals surface area contributed by atoms with Gasteiger partial charge in [0.05, 0.1) is 9.92 Å². The second kappa shape index (κ2) is 11.5. The van der Waals surface area contributed by atoms with Gasteiger partial charge in [-0.2, -0.15) is 0 Å². The molecule has 8 heteroatoms. The number of aryl methyl sites for hydroxylation is 2. The van der Waals surface area contributed by atoms with E-state index in [0.717, 1.165) is 35.2 Å². The SMILES string of the molecule is CCc1cccc(CC)c1NC(=O)COc1ccc(S(=O)(=O)N[C@@H](C)c2ccccc2)cc1Cl. The third-order valence-corrected chi connectivity index (χ3v) is 7.30. The van der Waals surface area contributed by atoms with Crippen LogP contribution in [-0.4, -0.2) is 20.9 Å². The number of hydrogen-bond donors (Lipinski definition) is 2. The van der Waals surface area contributed by atoms with Gasteiger partial charge in [0.1, 0.15) is 5.75 Å². The first-order valence-electron chi connectivity index (χ1n) is 11.1. The lowest BCUT2D eigenvalue weighted by Gasteiger charge is -2.16. The highest BCUT2D eigenvalue weighted by Gasteiger charge is 2.20. The van der Waals surface area contributed by atoms with Crippen molar-refractivity contribution >= 4 is 33.2 Å². The summed E-state index contributed by atoms with van der Waals surface area (Å²) in [5.41, 5.74) is 3.77. The molecule has 0 aliphatic heterocycles. The molecule has 0 bridgehead atoms. The molecule has 3 aromatic rings. The van der Waals surface area contributed by atoms with Gasteiger partial charge < -0.3 is 10.1 Å². The van der Waals surface area contributed by atoms with Crippen LogP contribution >= 0.6 is 11.6 Å². The highest BCUT2D eigenvalue weighted by Crippen LogP contribution is 2.28. The molecule has 0 heterocycles. The Labute approximate surface area is 206 Å². The summed E-state index contributed by atoms with van der Waals surface area (Å²) in [5.74, 6) is -0.0897. The number of anilines is 1. The molecule has 0 aliphatic carbocycles. The summed E-state index contributed by atoms with van der Waals surface area (Å²) >= 11 is 6.28. The van der Waals surface area contributed by atoms with E-state index in [9.17, 15) is 13.2 Å². The lowest BCUT2D eigenvalue weighted by molar-refractivity contribution is -0.118. The van der Waals surface area contributed by atoms with Crippen LogP contribution < -0.4 is 14.8 Å². The van der Waals surface area contributed by atoms with E-state index < -0.39 is 16.1 Å². The number of rotatable bonds is 10. The minimum Gasteiger partial charge on any atom is -0.482 e. The number of amides is 1. The molecule has 0 spiro atoms. The maximum absolute atomic E-state index is 12.8. The highest BCUT2D eigenvalue weighted by atomic mass is 35.5. The first kappa shape index (κ1) is 25.7. The number of nitrogens with one attached hydrogen (secondary N) is 2. The Hall–Kier alpha value is -2.87. The normalized spacial score (nSPS) is 12.2. The Morgan fingerprint density at radius 2 is 1.62 bits per heavy atom. The molecule has 180 valence electrons. The molecule has 0 saturated heterocycles. The van der Waals surface area contributed by atoms with E-state index in [1.165, 1.54) is 18.2 Å². The van der Waals surface area contributed by atoms with E-state index >= 15 is 0 Å². The fraction of sp³-hybridized carbons (Fsp3) is 0.269. The smallest absolute Gasteiger partial charge is 0.262 e. The van der Waals surface area contributed by atoms with Crippen molar-refractivity contribution in [3.63, 3.8) is 0 Å². The summed E-state index contributed by atoms with van der Waals surface area (Å²) in [5, 5.41) is 3.03. The molecule has 0 aliphatic rings. The van der Waals surface area contributed by atoms with Crippen LogP contribution in [-0.2, 0) is 27.7 Å². The van der Waals surface area contributed by atoms with Crippen molar-refractivity contribution in [2.24, 2.45) is 0 Å². The van der Waals surface area contributed by atoms with Crippen LogP contribution in [0.15, 0.2) is 71.6 Å². The van der Waals surface area contributed by atoms with Crippen LogP contribution in [0.5, 0.6) is 5.75 Å². The summed E-state index contributed by atoms with van der Waals surface area (Å²) < 4.78 is 33.8. The number of ether oxygens (including phenoxy) is 1. The van der Waals surface area contributed by atoms with Crippen molar-refractivity contribution in [3.8, 4) is 5.75 Å². The molecule has 6 nitrogen and oxygen atoms in total. The molecule has 2 N–H and O–H groups in total. The predicted molar refractivity (Wildman–Crippen MR) is 136 cm³/mol. The van der Waals surface area contributed by atoms with Crippen LogP contribution in [0, 0.1) is 0 Å². The Balaban J connectivity index is 1.66. The number of hydrogen-bond acceptors (Lipinski definition) is 4. The first-order chi connectivity index (χ1) is 16.2. The number of sulfonamides is 1. The van der Waals surface area contributed by atoms with Crippen LogP contribution in [0.4, 0.5) is 5.69 Å². The van der Waals surface area contributed by atoms with Gasteiger partial charge in [0, 0.05) is 11.7 Å². The summed E-state index contributed by atoms with van der Waals surface area (Å²) in [6, 6.07) is 19.0. The maximum Gasteiger partial charge on any atom is 0.262 e. The quantitative estimate of drug-likeness (QED) is 0.383. The van der Waals surface area contributed by atoms with E-state index in [1.54, 1.807) is 6.92 Å². The minimum absolute atomic E-state index is 0.0153. The van der Waals surface area contributed by atoms with E-state index in [2.05, 4.69) is 10.0 Å². The molecule has 1 amide bonds. The van der Waals surface area contributed by atoms with Gasteiger partial charge in [-0.05, 0) is 54.7 Å². The Morgan fingerprint density at radius 3 is 2.21 bits per heavy atom. The molecular weight excluding hydrogens is 472 g/mol. The number of halogens is 1. The zero-order valence-electron chi connectivity index (χ0n) is 19.5. The number of para-hydroxylation sites is 1. The summed E-state index contributed by atoms with van der Waals surface area (Å²) in [6.07, 6.45) is 1.59. The fourth-order valence-corrected chi connectivity index (χ4v) is 5.16. The van der Waals surface area contributed by atoms with Gasteiger partial charge in [-0.25, -0.2) is 13.1 Å². The van der Waals surface area contributed by atoms with Crippen molar-refractivity contribution in [2.45, 2.75) is 44.6 Å². The minimum atomic E-state index is -3.80. The highest BCUT2D eigenvalue weighted by molar-refractivity contribution is 7.89. The topological polar surface area (TPSA) is 84.5 Å². The Kier molecular flexibility index (Phi) is 8.72. The van der Waals surface area contributed by atoms with Crippen LogP contribution in [0.25, 0.3) is 0 Å². The second-order valence-electron chi connectivity index (χ2n) is 7.84. The summed E-state index contributed by atoms with van der Waals surface area (Å²) in [6.45, 7) is 5.58. The molecule has 3 rings (SSSR count). The van der Waals surface area contributed by atoms with E-state index in [-0.39, 0.29) is 28.2 Å². The van der Waals surface area contributed by atoms with E-state index in [0.29, 0.717) is 0 Å². The number of carbonyl (C=O) groups excluding carboxylic acids is 1. The van der Waals surface area contributed by atoms with Gasteiger partial charge >= 0.3 is 0 Å². The molecule has 0 aromatic heterocycles. The summed E-state index contributed by atoms with van der Waals surface area (Å²) in [7, 11) is -3.80. The third-order valence-electron chi connectivity index (χ3n) is 5.47. The van der Waals surface area contributed by atoms with Gasteiger partial charge in [-0.15, -0.1) is 0 Å². The molecule has 1 atom stereocenters. The summed E-state index contributed by atoms with van der Waals surface area (Å²) in [4.78, 5) is 12.5. The molecule has 3 aromatic carbocycles. The maximum atomic E-state index is 12.8.